The molecule has 3 atom stereocenters. The summed E-state index contributed by atoms with van der Waals surface area (Å²) in [4.78, 5) is 2.74. The fourth-order valence-corrected chi connectivity index (χ4v) is 4.17. The standard InChI is InChI=1S/C16H32N2/c1-3-5-15-6-4-9-16(13-17,10-7-15)18-11-8-14(2)12-18/h14-15H,3-13,17H2,1-2H3. The van der Waals surface area contributed by atoms with E-state index in [1.54, 1.807) is 0 Å². The Labute approximate surface area is 113 Å². The minimum Gasteiger partial charge on any atom is -0.329 e. The second-order valence-corrected chi connectivity index (χ2v) is 6.85. The van der Waals surface area contributed by atoms with Crippen LogP contribution in [0.2, 0.25) is 0 Å². The monoisotopic (exact) mass is 252 g/mol. The lowest BCUT2D eigenvalue weighted by Gasteiger charge is -2.41. The fourth-order valence-electron chi connectivity index (χ4n) is 4.17. The van der Waals surface area contributed by atoms with Gasteiger partial charge in [-0.1, -0.05) is 39.5 Å². The van der Waals surface area contributed by atoms with E-state index in [9.17, 15) is 0 Å². The van der Waals surface area contributed by atoms with Gasteiger partial charge in [-0.05, 0) is 44.1 Å². The fraction of sp³-hybridized carbons (Fsp3) is 1.00. The molecule has 2 fully saturated rings. The van der Waals surface area contributed by atoms with Crippen LogP contribution in [-0.2, 0) is 0 Å². The van der Waals surface area contributed by atoms with Crippen LogP contribution in [0.1, 0.15) is 65.2 Å². The van der Waals surface area contributed by atoms with Gasteiger partial charge in [0.15, 0.2) is 0 Å². The zero-order valence-corrected chi connectivity index (χ0v) is 12.5. The zero-order valence-electron chi connectivity index (χ0n) is 12.5. The van der Waals surface area contributed by atoms with E-state index in [1.165, 1.54) is 64.5 Å². The van der Waals surface area contributed by atoms with Gasteiger partial charge in [-0.25, -0.2) is 0 Å². The van der Waals surface area contributed by atoms with Crippen molar-refractivity contribution in [2.24, 2.45) is 17.6 Å². The lowest BCUT2D eigenvalue weighted by atomic mass is 9.87. The average molecular weight is 252 g/mol. The van der Waals surface area contributed by atoms with Crippen molar-refractivity contribution in [2.45, 2.75) is 70.8 Å². The minimum absolute atomic E-state index is 0.354. The first-order valence-corrected chi connectivity index (χ1v) is 8.15. The molecule has 2 heteroatoms. The van der Waals surface area contributed by atoms with Crippen LogP contribution in [0.25, 0.3) is 0 Å². The van der Waals surface area contributed by atoms with E-state index in [2.05, 4.69) is 18.7 Å². The third-order valence-electron chi connectivity index (χ3n) is 5.44. The Bertz CT molecular complexity index is 253. The summed E-state index contributed by atoms with van der Waals surface area (Å²) >= 11 is 0. The molecule has 2 N–H and O–H groups in total. The summed E-state index contributed by atoms with van der Waals surface area (Å²) in [6, 6.07) is 0. The van der Waals surface area contributed by atoms with Crippen LogP contribution in [0.4, 0.5) is 0 Å². The molecule has 1 saturated carbocycles. The van der Waals surface area contributed by atoms with Crippen LogP contribution in [-0.4, -0.2) is 30.1 Å². The number of nitrogens with two attached hydrogens (primary N) is 1. The summed E-state index contributed by atoms with van der Waals surface area (Å²) in [7, 11) is 0. The lowest BCUT2D eigenvalue weighted by Crippen LogP contribution is -2.52. The summed E-state index contributed by atoms with van der Waals surface area (Å²) < 4.78 is 0. The smallest absolute Gasteiger partial charge is 0.0331 e. The maximum atomic E-state index is 6.21. The largest absolute Gasteiger partial charge is 0.329 e. The molecule has 1 saturated heterocycles. The molecule has 0 radical (unpaired) electrons. The van der Waals surface area contributed by atoms with E-state index in [1.807, 2.05) is 0 Å². The molecule has 1 aliphatic carbocycles. The number of hydrogen-bond donors (Lipinski definition) is 1. The molecule has 1 aliphatic heterocycles. The highest BCUT2D eigenvalue weighted by Gasteiger charge is 2.39. The van der Waals surface area contributed by atoms with Gasteiger partial charge in [-0.3, -0.25) is 4.90 Å². The van der Waals surface area contributed by atoms with Crippen molar-refractivity contribution in [3.63, 3.8) is 0 Å². The molecule has 0 aromatic carbocycles. The summed E-state index contributed by atoms with van der Waals surface area (Å²) in [6.45, 7) is 8.16. The second kappa shape index (κ2) is 6.38. The van der Waals surface area contributed by atoms with Crippen LogP contribution in [0.15, 0.2) is 0 Å². The van der Waals surface area contributed by atoms with E-state index in [0.29, 0.717) is 5.54 Å². The molecule has 0 amide bonds. The number of nitrogens with zero attached hydrogens (tertiary/aromatic N) is 1. The van der Waals surface area contributed by atoms with Gasteiger partial charge in [0.05, 0.1) is 0 Å². The van der Waals surface area contributed by atoms with E-state index >= 15 is 0 Å². The summed E-state index contributed by atoms with van der Waals surface area (Å²) in [6.07, 6.45) is 11.1. The Kier molecular flexibility index (Phi) is 5.08. The molecule has 0 aromatic rings. The van der Waals surface area contributed by atoms with Crippen molar-refractivity contribution in [3.8, 4) is 0 Å². The predicted molar refractivity (Wildman–Crippen MR) is 78.6 cm³/mol. The highest BCUT2D eigenvalue weighted by molar-refractivity contribution is 4.96. The van der Waals surface area contributed by atoms with E-state index in [-0.39, 0.29) is 0 Å². The van der Waals surface area contributed by atoms with Gasteiger partial charge < -0.3 is 5.73 Å². The Morgan fingerprint density at radius 1 is 1.22 bits per heavy atom. The summed E-state index contributed by atoms with van der Waals surface area (Å²) in [5.74, 6) is 1.85. The molecule has 18 heavy (non-hydrogen) atoms. The lowest BCUT2D eigenvalue weighted by molar-refractivity contribution is 0.100. The highest BCUT2D eigenvalue weighted by Crippen LogP contribution is 2.38. The van der Waals surface area contributed by atoms with Gasteiger partial charge >= 0.3 is 0 Å². The third-order valence-corrected chi connectivity index (χ3v) is 5.44. The van der Waals surface area contributed by atoms with E-state index in [0.717, 1.165) is 18.4 Å². The second-order valence-electron chi connectivity index (χ2n) is 6.85. The Hall–Kier alpha value is -0.0800. The number of likely N-dealkylation sites (tertiary alicyclic amines) is 1. The molecule has 2 rings (SSSR count). The van der Waals surface area contributed by atoms with Gasteiger partial charge in [0.2, 0.25) is 0 Å². The molecule has 0 bridgehead atoms. The van der Waals surface area contributed by atoms with E-state index < -0.39 is 0 Å². The predicted octanol–water partition coefficient (Wildman–Crippen LogP) is 3.41. The van der Waals surface area contributed by atoms with Crippen LogP contribution in [0, 0.1) is 11.8 Å². The van der Waals surface area contributed by atoms with Crippen LogP contribution < -0.4 is 5.73 Å². The summed E-state index contributed by atoms with van der Waals surface area (Å²) in [5, 5.41) is 0. The number of hydrogen-bond acceptors (Lipinski definition) is 2. The first-order chi connectivity index (χ1) is 8.70. The first kappa shape index (κ1) is 14.3. The summed E-state index contributed by atoms with van der Waals surface area (Å²) in [5.41, 5.74) is 6.57. The normalized spacial score (nSPS) is 38.8. The zero-order chi connectivity index (χ0) is 13.0. The van der Waals surface area contributed by atoms with Crippen molar-refractivity contribution in [1.82, 2.24) is 4.90 Å². The van der Waals surface area contributed by atoms with Crippen molar-refractivity contribution < 1.29 is 0 Å². The highest BCUT2D eigenvalue weighted by atomic mass is 15.2. The third kappa shape index (κ3) is 3.08. The maximum absolute atomic E-state index is 6.21. The molecule has 0 aromatic heterocycles. The van der Waals surface area contributed by atoms with Gasteiger partial charge in [0.1, 0.15) is 0 Å². The molecule has 2 nitrogen and oxygen atoms in total. The Balaban J connectivity index is 1.99. The van der Waals surface area contributed by atoms with Crippen LogP contribution >= 0.6 is 0 Å². The van der Waals surface area contributed by atoms with Gasteiger partial charge in [-0.15, -0.1) is 0 Å². The molecular weight excluding hydrogens is 220 g/mol. The first-order valence-electron chi connectivity index (χ1n) is 8.15. The quantitative estimate of drug-likeness (QED) is 0.777. The topological polar surface area (TPSA) is 29.3 Å². The number of rotatable bonds is 4. The van der Waals surface area contributed by atoms with Crippen molar-refractivity contribution in [1.29, 1.82) is 0 Å². The van der Waals surface area contributed by atoms with Crippen LogP contribution in [0.3, 0.4) is 0 Å². The molecule has 1 heterocycles. The van der Waals surface area contributed by atoms with E-state index in [4.69, 9.17) is 5.73 Å². The van der Waals surface area contributed by atoms with Gasteiger partial charge in [-0.2, -0.15) is 0 Å². The van der Waals surface area contributed by atoms with Crippen LogP contribution in [0.5, 0.6) is 0 Å². The van der Waals surface area contributed by atoms with Gasteiger partial charge in [0, 0.05) is 18.6 Å². The molecular formula is C16H32N2. The van der Waals surface area contributed by atoms with Crippen molar-refractivity contribution in [3.05, 3.63) is 0 Å². The maximum Gasteiger partial charge on any atom is 0.0331 e. The average Bonchev–Trinajstić information content (AvgIpc) is 2.70. The Morgan fingerprint density at radius 2 is 2.06 bits per heavy atom. The van der Waals surface area contributed by atoms with Gasteiger partial charge in [0.25, 0.3) is 0 Å². The Morgan fingerprint density at radius 3 is 2.67 bits per heavy atom. The molecule has 0 spiro atoms. The van der Waals surface area contributed by atoms with Crippen molar-refractivity contribution >= 4 is 0 Å². The van der Waals surface area contributed by atoms with Crippen molar-refractivity contribution in [2.75, 3.05) is 19.6 Å². The minimum atomic E-state index is 0.354. The SMILES string of the molecule is CCCC1CCCC(CN)(N2CCC(C)C2)CC1. The molecule has 2 aliphatic rings. The molecule has 106 valence electrons. The molecule has 3 unspecified atom stereocenters.